The Morgan fingerprint density at radius 1 is 1.42 bits per heavy atom. The van der Waals surface area contributed by atoms with Crippen LogP contribution >= 0.6 is 0 Å². The summed E-state index contributed by atoms with van der Waals surface area (Å²) in [6, 6.07) is 1.87. The van der Waals surface area contributed by atoms with E-state index in [0.717, 1.165) is 31.9 Å². The van der Waals surface area contributed by atoms with Crippen molar-refractivity contribution in [3.05, 3.63) is 24.2 Å². The Bertz CT molecular complexity index is 587. The van der Waals surface area contributed by atoms with Gasteiger partial charge in [-0.15, -0.1) is 5.10 Å². The lowest BCUT2D eigenvalue weighted by atomic mass is 10.2. The van der Waals surface area contributed by atoms with Gasteiger partial charge in [0.1, 0.15) is 5.82 Å². The van der Waals surface area contributed by atoms with Crippen molar-refractivity contribution in [3.63, 3.8) is 0 Å². The normalized spacial score (nSPS) is 14.5. The van der Waals surface area contributed by atoms with Crippen LogP contribution in [-0.4, -0.2) is 37.2 Å². The predicted octanol–water partition coefficient (Wildman–Crippen LogP) is 0.474. The number of anilines is 1. The molecule has 0 N–H and O–H groups in total. The summed E-state index contributed by atoms with van der Waals surface area (Å²) in [6.07, 6.45) is 4.76. The standard InChI is InChI=1S/C12H16N6O/c1-2-16-9-10(14-15-16)8-12(19)17-6-3-7-18-11(17)4-5-13-18/h4-5,9H,2-3,6-8H2,1H3. The van der Waals surface area contributed by atoms with Gasteiger partial charge in [0.25, 0.3) is 0 Å². The van der Waals surface area contributed by atoms with Gasteiger partial charge in [-0.05, 0) is 13.3 Å². The van der Waals surface area contributed by atoms with Crippen molar-refractivity contribution in [2.75, 3.05) is 11.4 Å². The highest BCUT2D eigenvalue weighted by atomic mass is 16.2. The fraction of sp³-hybridized carbons (Fsp3) is 0.500. The molecule has 0 spiro atoms. The largest absolute Gasteiger partial charge is 0.297 e. The molecular weight excluding hydrogens is 244 g/mol. The van der Waals surface area contributed by atoms with Gasteiger partial charge in [0.15, 0.2) is 0 Å². The van der Waals surface area contributed by atoms with E-state index in [1.807, 2.05) is 23.9 Å². The first-order chi connectivity index (χ1) is 9.28. The molecule has 0 unspecified atom stereocenters. The number of fused-ring (bicyclic) bond motifs is 1. The maximum absolute atomic E-state index is 12.3. The first kappa shape index (κ1) is 11.9. The number of rotatable bonds is 3. The molecule has 2 aromatic heterocycles. The first-order valence-corrected chi connectivity index (χ1v) is 6.49. The van der Waals surface area contributed by atoms with E-state index in [4.69, 9.17) is 0 Å². The molecule has 0 saturated carbocycles. The highest BCUT2D eigenvalue weighted by Crippen LogP contribution is 2.20. The monoisotopic (exact) mass is 260 g/mol. The van der Waals surface area contributed by atoms with Gasteiger partial charge in [-0.1, -0.05) is 5.21 Å². The number of carbonyl (C=O) groups excluding carboxylic acids is 1. The van der Waals surface area contributed by atoms with Gasteiger partial charge in [-0.3, -0.25) is 14.4 Å². The summed E-state index contributed by atoms with van der Waals surface area (Å²) in [4.78, 5) is 14.1. The van der Waals surface area contributed by atoms with Crippen LogP contribution in [0.3, 0.4) is 0 Å². The number of aryl methyl sites for hydroxylation is 2. The zero-order chi connectivity index (χ0) is 13.2. The van der Waals surface area contributed by atoms with Gasteiger partial charge in [0.05, 0.1) is 18.3 Å². The molecule has 0 bridgehead atoms. The average Bonchev–Trinajstić information content (AvgIpc) is 3.05. The van der Waals surface area contributed by atoms with E-state index in [9.17, 15) is 4.79 Å². The number of nitrogens with zero attached hydrogens (tertiary/aromatic N) is 6. The Kier molecular flexibility index (Phi) is 3.02. The minimum absolute atomic E-state index is 0.0459. The molecule has 3 heterocycles. The molecule has 0 aromatic carbocycles. The Morgan fingerprint density at radius 2 is 2.32 bits per heavy atom. The second kappa shape index (κ2) is 4.83. The SMILES string of the molecule is CCn1cc(CC(=O)N2CCCn3nccc32)nn1. The van der Waals surface area contributed by atoms with Crippen molar-refractivity contribution < 1.29 is 4.79 Å². The number of hydrogen-bond donors (Lipinski definition) is 0. The van der Waals surface area contributed by atoms with Crippen LogP contribution in [0.25, 0.3) is 0 Å². The maximum atomic E-state index is 12.3. The van der Waals surface area contributed by atoms with E-state index >= 15 is 0 Å². The fourth-order valence-corrected chi connectivity index (χ4v) is 2.30. The van der Waals surface area contributed by atoms with E-state index in [1.54, 1.807) is 15.8 Å². The lowest BCUT2D eigenvalue weighted by Gasteiger charge is -2.27. The van der Waals surface area contributed by atoms with Crippen LogP contribution in [0, 0.1) is 0 Å². The zero-order valence-corrected chi connectivity index (χ0v) is 10.9. The van der Waals surface area contributed by atoms with Crippen molar-refractivity contribution >= 4 is 11.7 Å². The van der Waals surface area contributed by atoms with E-state index in [1.165, 1.54) is 0 Å². The second-order valence-corrected chi connectivity index (χ2v) is 4.55. The van der Waals surface area contributed by atoms with E-state index in [-0.39, 0.29) is 12.3 Å². The molecule has 7 nitrogen and oxygen atoms in total. The van der Waals surface area contributed by atoms with Crippen molar-refractivity contribution in [1.29, 1.82) is 0 Å². The third kappa shape index (κ3) is 2.23. The van der Waals surface area contributed by atoms with Gasteiger partial charge < -0.3 is 0 Å². The molecule has 3 rings (SSSR count). The molecule has 1 aliphatic heterocycles. The van der Waals surface area contributed by atoms with Crippen molar-refractivity contribution in [1.82, 2.24) is 24.8 Å². The Morgan fingerprint density at radius 3 is 3.11 bits per heavy atom. The molecule has 0 aliphatic carbocycles. The van der Waals surface area contributed by atoms with Crippen LogP contribution < -0.4 is 4.90 Å². The van der Waals surface area contributed by atoms with Crippen LogP contribution in [0.4, 0.5) is 5.82 Å². The first-order valence-electron chi connectivity index (χ1n) is 6.49. The highest BCUT2D eigenvalue weighted by Gasteiger charge is 2.23. The summed E-state index contributed by atoms with van der Waals surface area (Å²) in [5, 5.41) is 12.2. The summed E-state index contributed by atoms with van der Waals surface area (Å²) in [5.41, 5.74) is 0.712. The van der Waals surface area contributed by atoms with Crippen LogP contribution in [0.2, 0.25) is 0 Å². The molecule has 0 radical (unpaired) electrons. The topological polar surface area (TPSA) is 68.8 Å². The van der Waals surface area contributed by atoms with Crippen molar-refractivity contribution in [2.45, 2.75) is 32.9 Å². The van der Waals surface area contributed by atoms with Gasteiger partial charge in [-0.25, -0.2) is 4.68 Å². The van der Waals surface area contributed by atoms with Gasteiger partial charge in [0, 0.05) is 31.9 Å². The molecule has 0 atom stereocenters. The van der Waals surface area contributed by atoms with E-state index < -0.39 is 0 Å². The molecule has 7 heteroatoms. The molecule has 0 fully saturated rings. The summed E-state index contributed by atoms with van der Waals surface area (Å²) < 4.78 is 3.59. The van der Waals surface area contributed by atoms with Crippen molar-refractivity contribution in [3.8, 4) is 0 Å². The van der Waals surface area contributed by atoms with Gasteiger partial charge in [-0.2, -0.15) is 5.10 Å². The van der Waals surface area contributed by atoms with Crippen molar-refractivity contribution in [2.24, 2.45) is 0 Å². The molecule has 1 amide bonds. The molecule has 2 aromatic rings. The summed E-state index contributed by atoms with van der Waals surface area (Å²) >= 11 is 0. The minimum atomic E-state index is 0.0459. The Hall–Kier alpha value is -2.18. The average molecular weight is 260 g/mol. The summed E-state index contributed by atoms with van der Waals surface area (Å²) in [6.45, 7) is 4.37. The lowest BCUT2D eigenvalue weighted by molar-refractivity contribution is -0.118. The molecular formula is C12H16N6O. The zero-order valence-electron chi connectivity index (χ0n) is 10.9. The van der Waals surface area contributed by atoms with E-state index in [2.05, 4.69) is 15.4 Å². The van der Waals surface area contributed by atoms with Crippen LogP contribution in [0.15, 0.2) is 18.5 Å². The third-order valence-electron chi connectivity index (χ3n) is 3.27. The predicted molar refractivity (Wildman–Crippen MR) is 68.6 cm³/mol. The number of amides is 1. The fourth-order valence-electron chi connectivity index (χ4n) is 2.30. The quantitative estimate of drug-likeness (QED) is 0.804. The molecule has 19 heavy (non-hydrogen) atoms. The molecule has 0 saturated heterocycles. The molecule has 100 valence electrons. The number of hydrogen-bond acceptors (Lipinski definition) is 4. The third-order valence-corrected chi connectivity index (χ3v) is 3.27. The van der Waals surface area contributed by atoms with Gasteiger partial charge in [0.2, 0.25) is 5.91 Å². The number of aromatic nitrogens is 5. The van der Waals surface area contributed by atoms with Crippen LogP contribution in [-0.2, 0) is 24.3 Å². The summed E-state index contributed by atoms with van der Waals surface area (Å²) in [7, 11) is 0. The Balaban J connectivity index is 1.75. The minimum Gasteiger partial charge on any atom is -0.297 e. The second-order valence-electron chi connectivity index (χ2n) is 4.55. The maximum Gasteiger partial charge on any atom is 0.234 e. The molecule has 1 aliphatic rings. The van der Waals surface area contributed by atoms with Crippen LogP contribution in [0.5, 0.6) is 0 Å². The van der Waals surface area contributed by atoms with Crippen LogP contribution in [0.1, 0.15) is 19.0 Å². The summed E-state index contributed by atoms with van der Waals surface area (Å²) in [5.74, 6) is 0.920. The lowest BCUT2D eigenvalue weighted by Crippen LogP contribution is -2.38. The number of carbonyl (C=O) groups is 1. The highest BCUT2D eigenvalue weighted by molar-refractivity contribution is 5.93. The van der Waals surface area contributed by atoms with E-state index in [0.29, 0.717) is 5.69 Å². The Labute approximate surface area is 110 Å². The smallest absolute Gasteiger partial charge is 0.234 e. The van der Waals surface area contributed by atoms with Gasteiger partial charge >= 0.3 is 0 Å².